The van der Waals surface area contributed by atoms with Gasteiger partial charge in [-0.25, -0.2) is 0 Å². The Kier molecular flexibility index (Phi) is 5.74. The summed E-state index contributed by atoms with van der Waals surface area (Å²) < 4.78 is 10.8. The lowest BCUT2D eigenvalue weighted by Gasteiger charge is -2.24. The van der Waals surface area contributed by atoms with Gasteiger partial charge in [-0.3, -0.25) is 0 Å². The molecule has 0 aromatic heterocycles. The summed E-state index contributed by atoms with van der Waals surface area (Å²) in [5.74, 6) is 0. The van der Waals surface area contributed by atoms with Crippen molar-refractivity contribution in [2.24, 2.45) is 5.73 Å². The summed E-state index contributed by atoms with van der Waals surface area (Å²) in [6.45, 7) is 6.14. The van der Waals surface area contributed by atoms with Gasteiger partial charge < -0.3 is 14.6 Å². The zero-order valence-corrected chi connectivity index (χ0v) is 9.59. The highest BCUT2D eigenvalue weighted by atomic mass is 28.4. The average molecular weight is 191 g/mol. The average Bonchev–Trinajstić information content (AvgIpc) is 2.00. The van der Waals surface area contributed by atoms with E-state index in [0.717, 1.165) is 19.3 Å². The lowest BCUT2D eigenvalue weighted by molar-refractivity contribution is 0.132. The largest absolute Gasteiger partial charge is 0.398 e. The van der Waals surface area contributed by atoms with E-state index in [2.05, 4.69) is 6.92 Å². The number of nitrogens with two attached hydrogens (primary N) is 1. The normalized spacial score (nSPS) is 14.8. The van der Waals surface area contributed by atoms with Gasteiger partial charge in [0.15, 0.2) is 0 Å². The summed E-state index contributed by atoms with van der Waals surface area (Å²) in [6.07, 6.45) is 3.06. The van der Waals surface area contributed by atoms with Crippen LogP contribution in [0.15, 0.2) is 0 Å². The Balaban J connectivity index is 3.60. The maximum Gasteiger partial charge on any atom is 0.332 e. The van der Waals surface area contributed by atoms with Crippen LogP contribution in [0.4, 0.5) is 0 Å². The minimum Gasteiger partial charge on any atom is -0.398 e. The van der Waals surface area contributed by atoms with Crippen LogP contribution >= 0.6 is 0 Å². The van der Waals surface area contributed by atoms with Gasteiger partial charge >= 0.3 is 8.56 Å². The molecule has 0 spiro atoms. The zero-order valence-electron chi connectivity index (χ0n) is 8.59. The van der Waals surface area contributed by atoms with Crippen LogP contribution in [-0.2, 0) is 8.85 Å². The summed E-state index contributed by atoms with van der Waals surface area (Å²) in [5.41, 5.74) is 5.75. The molecular weight excluding hydrogens is 170 g/mol. The molecule has 0 saturated heterocycles. The first-order valence-corrected chi connectivity index (χ1v) is 7.32. The first-order chi connectivity index (χ1) is 5.52. The van der Waals surface area contributed by atoms with Gasteiger partial charge in [0.05, 0.1) is 6.23 Å². The van der Waals surface area contributed by atoms with E-state index in [9.17, 15) is 0 Å². The van der Waals surface area contributed by atoms with E-state index < -0.39 is 8.56 Å². The van der Waals surface area contributed by atoms with Crippen LogP contribution in [-0.4, -0.2) is 21.9 Å². The summed E-state index contributed by atoms with van der Waals surface area (Å²) >= 11 is 0. The van der Waals surface area contributed by atoms with Crippen molar-refractivity contribution >= 4 is 8.56 Å². The molecule has 0 bridgehead atoms. The summed E-state index contributed by atoms with van der Waals surface area (Å²) in [7, 11) is -0.236. The number of rotatable bonds is 6. The Morgan fingerprint density at radius 1 is 1.42 bits per heavy atom. The SMILES string of the molecule is CCCCC(N)O[Si](C)(C)OC. The molecule has 0 aliphatic carbocycles. The molecule has 0 fully saturated rings. The summed E-state index contributed by atoms with van der Waals surface area (Å²) in [4.78, 5) is 0. The highest BCUT2D eigenvalue weighted by Crippen LogP contribution is 2.09. The lowest BCUT2D eigenvalue weighted by Crippen LogP contribution is -2.41. The van der Waals surface area contributed by atoms with E-state index in [0.29, 0.717) is 0 Å². The van der Waals surface area contributed by atoms with E-state index in [1.165, 1.54) is 0 Å². The second-order valence-corrected chi connectivity index (χ2v) is 6.85. The van der Waals surface area contributed by atoms with Gasteiger partial charge in [0.1, 0.15) is 0 Å². The summed E-state index contributed by atoms with van der Waals surface area (Å²) in [6, 6.07) is 0. The number of hydrogen-bond donors (Lipinski definition) is 1. The molecule has 12 heavy (non-hydrogen) atoms. The van der Waals surface area contributed by atoms with Crippen LogP contribution in [0.1, 0.15) is 26.2 Å². The molecule has 0 aliphatic rings. The van der Waals surface area contributed by atoms with E-state index in [1.54, 1.807) is 7.11 Å². The predicted octanol–water partition coefficient (Wildman–Crippen LogP) is 1.83. The Bertz CT molecular complexity index is 120. The van der Waals surface area contributed by atoms with Crippen molar-refractivity contribution in [1.82, 2.24) is 0 Å². The van der Waals surface area contributed by atoms with Crippen LogP contribution in [0.5, 0.6) is 0 Å². The van der Waals surface area contributed by atoms with Crippen LogP contribution in [0.25, 0.3) is 0 Å². The maximum atomic E-state index is 5.75. The van der Waals surface area contributed by atoms with Crippen molar-refractivity contribution in [3.05, 3.63) is 0 Å². The zero-order chi connectivity index (χ0) is 9.61. The van der Waals surface area contributed by atoms with Gasteiger partial charge in [-0.15, -0.1) is 0 Å². The molecule has 0 heterocycles. The van der Waals surface area contributed by atoms with E-state index in [-0.39, 0.29) is 6.23 Å². The molecule has 0 amide bonds. The first-order valence-electron chi connectivity index (χ1n) is 4.50. The topological polar surface area (TPSA) is 44.5 Å². The van der Waals surface area contributed by atoms with Gasteiger partial charge in [0, 0.05) is 7.11 Å². The molecule has 0 aromatic carbocycles. The molecule has 0 rings (SSSR count). The van der Waals surface area contributed by atoms with Gasteiger partial charge in [-0.05, 0) is 25.9 Å². The van der Waals surface area contributed by atoms with Gasteiger partial charge in [0.2, 0.25) is 0 Å². The minimum atomic E-state index is -1.92. The Labute approximate surface area is 76.5 Å². The third kappa shape index (κ3) is 5.71. The quantitative estimate of drug-likeness (QED) is 0.514. The highest BCUT2D eigenvalue weighted by molar-refractivity contribution is 6.64. The van der Waals surface area contributed by atoms with Crippen LogP contribution in [0.3, 0.4) is 0 Å². The van der Waals surface area contributed by atoms with Crippen LogP contribution in [0.2, 0.25) is 13.1 Å². The standard InChI is InChI=1S/C8H21NO2Si/c1-5-6-7-8(9)11-12(3,4)10-2/h8H,5-7,9H2,1-4H3. The predicted molar refractivity (Wildman–Crippen MR) is 53.1 cm³/mol. The fourth-order valence-electron chi connectivity index (χ4n) is 0.877. The van der Waals surface area contributed by atoms with Gasteiger partial charge in [0.25, 0.3) is 0 Å². The molecule has 74 valence electrons. The van der Waals surface area contributed by atoms with Crippen molar-refractivity contribution in [2.75, 3.05) is 7.11 Å². The third-order valence-electron chi connectivity index (χ3n) is 1.77. The maximum absolute atomic E-state index is 5.75. The fourth-order valence-corrected chi connectivity index (χ4v) is 1.82. The molecule has 1 atom stereocenters. The summed E-state index contributed by atoms with van der Waals surface area (Å²) in [5, 5.41) is 0. The molecule has 0 aromatic rings. The smallest absolute Gasteiger partial charge is 0.332 e. The monoisotopic (exact) mass is 191 g/mol. The second-order valence-electron chi connectivity index (χ2n) is 3.40. The third-order valence-corrected chi connectivity index (χ3v) is 3.62. The van der Waals surface area contributed by atoms with Crippen molar-refractivity contribution < 1.29 is 8.85 Å². The molecular formula is C8H21NO2Si. The highest BCUT2D eigenvalue weighted by Gasteiger charge is 2.25. The molecule has 0 radical (unpaired) electrons. The Morgan fingerprint density at radius 3 is 2.42 bits per heavy atom. The molecule has 1 unspecified atom stereocenters. The van der Waals surface area contributed by atoms with Gasteiger partial charge in [-0.1, -0.05) is 13.3 Å². The van der Waals surface area contributed by atoms with Crippen molar-refractivity contribution in [1.29, 1.82) is 0 Å². The number of hydrogen-bond acceptors (Lipinski definition) is 3. The lowest BCUT2D eigenvalue weighted by atomic mass is 10.2. The van der Waals surface area contributed by atoms with Crippen molar-refractivity contribution in [3.8, 4) is 0 Å². The molecule has 0 aliphatic heterocycles. The Morgan fingerprint density at radius 2 is 2.00 bits per heavy atom. The number of unbranched alkanes of at least 4 members (excludes halogenated alkanes) is 1. The minimum absolute atomic E-state index is 0.147. The first kappa shape index (κ1) is 12.1. The molecule has 3 nitrogen and oxygen atoms in total. The van der Waals surface area contributed by atoms with Gasteiger partial charge in [-0.2, -0.15) is 0 Å². The second kappa shape index (κ2) is 5.69. The molecule has 0 saturated carbocycles. The van der Waals surface area contributed by atoms with E-state index >= 15 is 0 Å². The molecule has 2 N–H and O–H groups in total. The Hall–Kier alpha value is 0.0969. The fraction of sp³-hybridized carbons (Fsp3) is 1.00. The van der Waals surface area contributed by atoms with E-state index in [4.69, 9.17) is 14.6 Å². The van der Waals surface area contributed by atoms with Crippen molar-refractivity contribution in [3.63, 3.8) is 0 Å². The van der Waals surface area contributed by atoms with Crippen molar-refractivity contribution in [2.45, 2.75) is 45.5 Å². The molecule has 4 heteroatoms. The van der Waals surface area contributed by atoms with Crippen LogP contribution in [0, 0.1) is 0 Å². The van der Waals surface area contributed by atoms with Crippen LogP contribution < -0.4 is 5.73 Å². The van der Waals surface area contributed by atoms with E-state index in [1.807, 2.05) is 13.1 Å².